The number of halogens is 1. The molecule has 3 aromatic rings. The lowest BCUT2D eigenvalue weighted by atomic mass is 10.1. The van der Waals surface area contributed by atoms with E-state index in [0.717, 1.165) is 43.3 Å². The fourth-order valence-corrected chi connectivity index (χ4v) is 4.57. The van der Waals surface area contributed by atoms with E-state index >= 15 is 0 Å². The monoisotopic (exact) mass is 524 g/mol. The lowest BCUT2D eigenvalue weighted by Gasteiger charge is -2.32. The van der Waals surface area contributed by atoms with Crippen molar-refractivity contribution in [1.29, 1.82) is 0 Å². The Morgan fingerprint density at radius 3 is 2.58 bits per heavy atom. The molecule has 12 heteroatoms. The molecule has 2 aromatic heterocycles. The Morgan fingerprint density at radius 1 is 1.11 bits per heavy atom. The zero-order chi connectivity index (χ0) is 25.1. The van der Waals surface area contributed by atoms with Gasteiger partial charge >= 0.3 is 0 Å². The van der Waals surface area contributed by atoms with Gasteiger partial charge in [0.05, 0.1) is 27.9 Å². The normalized spacial score (nSPS) is 17.4. The number of carbonyl (C=O) groups is 2. The number of hydrogen-bond donors (Lipinski definition) is 1. The number of rotatable bonds is 6. The Morgan fingerprint density at radius 2 is 1.86 bits per heavy atom. The summed E-state index contributed by atoms with van der Waals surface area (Å²) in [5.74, 6) is 1.62. The van der Waals surface area contributed by atoms with Gasteiger partial charge < -0.3 is 14.4 Å². The second-order valence-electron chi connectivity index (χ2n) is 8.14. The van der Waals surface area contributed by atoms with Gasteiger partial charge in [0.1, 0.15) is 18.2 Å². The summed E-state index contributed by atoms with van der Waals surface area (Å²) in [4.78, 5) is 42.8. The molecule has 0 saturated carbocycles. The summed E-state index contributed by atoms with van der Waals surface area (Å²) >= 11 is 6.75. The van der Waals surface area contributed by atoms with Crippen molar-refractivity contribution in [2.24, 2.45) is 0 Å². The Bertz CT molecular complexity index is 1330. The van der Waals surface area contributed by atoms with E-state index in [0.29, 0.717) is 38.9 Å². The van der Waals surface area contributed by atoms with E-state index in [1.165, 1.54) is 6.33 Å². The molecule has 0 spiro atoms. The minimum atomic E-state index is -0.406. The highest BCUT2D eigenvalue weighted by Crippen LogP contribution is 2.31. The molecule has 2 aliphatic heterocycles. The standard InChI is InChI=1S/C24H21ClN6O4S/c1-14-21(34-17-5-7-31(8-6-17)23-26-11-16(25)12-27-23)28-13-29-22(14)35-18-4-2-3-15(9-18)10-19-20(32)30-24(33)36-19/h2-4,9-13,17H,5-8H2,1H3,(H,30,32,33)/b19-10+. The SMILES string of the molecule is Cc1c(Oc2cccc(/C=C3/SC(=O)NC3=O)c2)ncnc1OC1CCN(c2ncc(Cl)cn2)CC1. The first-order chi connectivity index (χ1) is 17.4. The number of piperidine rings is 1. The topological polar surface area (TPSA) is 119 Å². The van der Waals surface area contributed by atoms with Crippen molar-refractivity contribution < 1.29 is 19.1 Å². The fourth-order valence-electron chi connectivity index (χ4n) is 3.79. The predicted molar refractivity (Wildman–Crippen MR) is 135 cm³/mol. The number of imide groups is 1. The molecule has 0 radical (unpaired) electrons. The molecule has 0 atom stereocenters. The summed E-state index contributed by atoms with van der Waals surface area (Å²) < 4.78 is 12.2. The van der Waals surface area contributed by atoms with E-state index in [1.807, 2.05) is 13.0 Å². The molecule has 0 unspecified atom stereocenters. The second-order valence-corrected chi connectivity index (χ2v) is 9.59. The number of hydrogen-bond acceptors (Lipinski definition) is 10. The van der Waals surface area contributed by atoms with Crippen LogP contribution in [0.15, 0.2) is 47.9 Å². The number of ether oxygens (including phenoxy) is 2. The van der Waals surface area contributed by atoms with Crippen molar-refractivity contribution in [2.45, 2.75) is 25.9 Å². The van der Waals surface area contributed by atoms with Crippen LogP contribution in [0.3, 0.4) is 0 Å². The first kappa shape index (κ1) is 24.0. The Balaban J connectivity index is 1.23. The molecular weight excluding hydrogens is 504 g/mol. The maximum Gasteiger partial charge on any atom is 0.290 e. The van der Waals surface area contributed by atoms with Crippen molar-refractivity contribution in [3.8, 4) is 17.5 Å². The number of carbonyl (C=O) groups excluding carboxylic acids is 2. The van der Waals surface area contributed by atoms with Crippen LogP contribution in [-0.4, -0.2) is 50.3 Å². The molecule has 2 aliphatic rings. The first-order valence-corrected chi connectivity index (χ1v) is 12.4. The average molecular weight is 525 g/mol. The van der Waals surface area contributed by atoms with Gasteiger partial charge in [-0.15, -0.1) is 0 Å². The van der Waals surface area contributed by atoms with Gasteiger partial charge in [0.25, 0.3) is 11.1 Å². The van der Waals surface area contributed by atoms with Crippen molar-refractivity contribution in [3.63, 3.8) is 0 Å². The van der Waals surface area contributed by atoms with Crippen molar-refractivity contribution >= 4 is 46.5 Å². The summed E-state index contributed by atoms with van der Waals surface area (Å²) in [5.41, 5.74) is 1.40. The molecule has 1 N–H and O–H groups in total. The van der Waals surface area contributed by atoms with Crippen LogP contribution in [0, 0.1) is 6.92 Å². The summed E-state index contributed by atoms with van der Waals surface area (Å²) in [7, 11) is 0. The lowest BCUT2D eigenvalue weighted by molar-refractivity contribution is -0.115. The highest BCUT2D eigenvalue weighted by Gasteiger charge is 2.25. The van der Waals surface area contributed by atoms with E-state index in [2.05, 4.69) is 30.2 Å². The minimum Gasteiger partial charge on any atom is -0.474 e. The lowest BCUT2D eigenvalue weighted by Crippen LogP contribution is -2.39. The van der Waals surface area contributed by atoms with Crippen molar-refractivity contribution in [2.75, 3.05) is 18.0 Å². The summed E-state index contributed by atoms with van der Waals surface area (Å²) in [6, 6.07) is 7.17. The van der Waals surface area contributed by atoms with Gasteiger partial charge in [-0.25, -0.2) is 19.9 Å². The van der Waals surface area contributed by atoms with Gasteiger partial charge in [-0.3, -0.25) is 14.9 Å². The van der Waals surface area contributed by atoms with Gasteiger partial charge in [0, 0.05) is 25.9 Å². The maximum absolute atomic E-state index is 11.8. The number of amides is 2. The number of nitrogens with zero attached hydrogens (tertiary/aromatic N) is 5. The molecule has 0 aliphatic carbocycles. The van der Waals surface area contributed by atoms with Crippen LogP contribution in [0.2, 0.25) is 5.02 Å². The molecule has 184 valence electrons. The second kappa shape index (κ2) is 10.5. The van der Waals surface area contributed by atoms with Crippen LogP contribution in [0.4, 0.5) is 10.7 Å². The van der Waals surface area contributed by atoms with Crippen LogP contribution < -0.4 is 19.7 Å². The van der Waals surface area contributed by atoms with E-state index in [1.54, 1.807) is 36.7 Å². The fraction of sp³-hybridized carbons (Fsp3) is 0.250. The van der Waals surface area contributed by atoms with E-state index in [-0.39, 0.29) is 11.3 Å². The number of aromatic nitrogens is 4. The zero-order valence-electron chi connectivity index (χ0n) is 19.2. The molecule has 2 amide bonds. The summed E-state index contributed by atoms with van der Waals surface area (Å²) in [5, 5.41) is 2.37. The smallest absolute Gasteiger partial charge is 0.290 e. The molecule has 0 bridgehead atoms. The minimum absolute atomic E-state index is 0.0114. The summed E-state index contributed by atoms with van der Waals surface area (Å²) in [6.45, 7) is 3.35. The van der Waals surface area contributed by atoms with Crippen molar-refractivity contribution in [1.82, 2.24) is 25.3 Å². The number of benzene rings is 1. The molecule has 4 heterocycles. The third-order valence-corrected chi connectivity index (χ3v) is 6.62. The van der Waals surface area contributed by atoms with Crippen molar-refractivity contribution in [3.05, 3.63) is 64.0 Å². The third kappa shape index (κ3) is 5.58. The van der Waals surface area contributed by atoms with Gasteiger partial charge in [-0.1, -0.05) is 23.7 Å². The largest absolute Gasteiger partial charge is 0.474 e. The van der Waals surface area contributed by atoms with E-state index in [4.69, 9.17) is 21.1 Å². The van der Waals surface area contributed by atoms with Crippen LogP contribution in [0.5, 0.6) is 17.5 Å². The van der Waals surface area contributed by atoms with Crippen LogP contribution >= 0.6 is 23.4 Å². The number of anilines is 1. The third-order valence-electron chi connectivity index (χ3n) is 5.61. The molecule has 2 saturated heterocycles. The van der Waals surface area contributed by atoms with Gasteiger partial charge in [-0.2, -0.15) is 0 Å². The molecular formula is C24H21ClN6O4S. The van der Waals surface area contributed by atoms with Gasteiger partial charge in [0.2, 0.25) is 17.7 Å². The van der Waals surface area contributed by atoms with E-state index in [9.17, 15) is 9.59 Å². The highest BCUT2D eigenvalue weighted by atomic mass is 35.5. The molecule has 10 nitrogen and oxygen atoms in total. The summed E-state index contributed by atoms with van der Waals surface area (Å²) in [6.07, 6.45) is 7.80. The number of nitrogens with one attached hydrogen (secondary N) is 1. The molecule has 2 fully saturated rings. The Kier molecular flexibility index (Phi) is 7.01. The molecule has 36 heavy (non-hydrogen) atoms. The maximum atomic E-state index is 11.8. The van der Waals surface area contributed by atoms with Gasteiger partial charge in [-0.05, 0) is 42.5 Å². The zero-order valence-corrected chi connectivity index (χ0v) is 20.8. The van der Waals surface area contributed by atoms with Crippen LogP contribution in [-0.2, 0) is 4.79 Å². The molecule has 1 aromatic carbocycles. The predicted octanol–water partition coefficient (Wildman–Crippen LogP) is 4.39. The van der Waals surface area contributed by atoms with Crippen LogP contribution in [0.1, 0.15) is 24.0 Å². The van der Waals surface area contributed by atoms with E-state index < -0.39 is 5.91 Å². The highest BCUT2D eigenvalue weighted by molar-refractivity contribution is 8.18. The quantitative estimate of drug-likeness (QED) is 0.465. The van der Waals surface area contributed by atoms with Gasteiger partial charge in [0.15, 0.2) is 0 Å². The Hall–Kier alpha value is -3.70. The number of thioether (sulfide) groups is 1. The first-order valence-electron chi connectivity index (χ1n) is 11.2. The average Bonchev–Trinajstić information content (AvgIpc) is 3.19. The Labute approximate surface area is 216 Å². The van der Waals surface area contributed by atoms with Crippen LogP contribution in [0.25, 0.3) is 6.08 Å². The molecule has 5 rings (SSSR count).